The lowest BCUT2D eigenvalue weighted by Crippen LogP contribution is -2.01. The Morgan fingerprint density at radius 3 is 2.60 bits per heavy atom. The van der Waals surface area contributed by atoms with Crippen molar-refractivity contribution in [3.8, 4) is 0 Å². The van der Waals surface area contributed by atoms with Crippen LogP contribution in [-0.4, -0.2) is 11.6 Å². The van der Waals surface area contributed by atoms with Crippen molar-refractivity contribution < 1.29 is 0 Å². The number of nitrogens with zero attached hydrogens (tertiary/aromatic N) is 1. The molecule has 0 unspecified atom stereocenters. The van der Waals surface area contributed by atoms with E-state index in [-0.39, 0.29) is 0 Å². The molecular weight excluding hydrogens is 142 g/mol. The van der Waals surface area contributed by atoms with Crippen molar-refractivity contribution >= 4 is 16.8 Å². The van der Waals surface area contributed by atoms with Gasteiger partial charge < -0.3 is 0 Å². The van der Waals surface area contributed by atoms with Gasteiger partial charge in [-0.2, -0.15) is 0 Å². The van der Waals surface area contributed by atoms with Crippen molar-refractivity contribution in [2.75, 3.05) is 6.54 Å². The summed E-state index contributed by atoms with van der Waals surface area (Å²) in [7, 11) is 0. The van der Waals surface area contributed by atoms with Crippen LogP contribution >= 0.6 is 11.8 Å². The van der Waals surface area contributed by atoms with Gasteiger partial charge in [0.1, 0.15) is 0 Å². The van der Waals surface area contributed by atoms with Gasteiger partial charge in [-0.25, -0.2) is 0 Å². The summed E-state index contributed by atoms with van der Waals surface area (Å²) < 4.78 is 0. The molecule has 0 N–H and O–H groups in total. The lowest BCUT2D eigenvalue weighted by atomic mass is 10.2. The quantitative estimate of drug-likeness (QED) is 0.453. The summed E-state index contributed by atoms with van der Waals surface area (Å²) in [5, 5.41) is 3.01. The van der Waals surface area contributed by atoms with Crippen LogP contribution in [0.3, 0.4) is 0 Å². The van der Waals surface area contributed by atoms with Crippen molar-refractivity contribution in [3.63, 3.8) is 0 Å². The Labute approximate surface area is 67.6 Å². The van der Waals surface area contributed by atoms with E-state index in [1.807, 2.05) is 12.3 Å². The molecule has 0 aliphatic rings. The van der Waals surface area contributed by atoms with E-state index < -0.39 is 0 Å². The maximum Gasteiger partial charge on any atom is 0.0742 e. The molecule has 0 aliphatic carbocycles. The van der Waals surface area contributed by atoms with Gasteiger partial charge in [-0.15, -0.1) is 0 Å². The van der Waals surface area contributed by atoms with E-state index in [9.17, 15) is 0 Å². The smallest absolute Gasteiger partial charge is 0.0742 e. The topological polar surface area (TPSA) is 12.4 Å². The van der Waals surface area contributed by atoms with Gasteiger partial charge in [0, 0.05) is 12.5 Å². The Bertz CT molecular complexity index is 127. The second kappa shape index (κ2) is 5.54. The first-order chi connectivity index (χ1) is 4.72. The third kappa shape index (κ3) is 3.72. The Morgan fingerprint density at radius 1 is 1.70 bits per heavy atom. The van der Waals surface area contributed by atoms with Gasteiger partial charge in [-0.05, 0) is 12.3 Å². The number of rotatable bonds is 3. The lowest BCUT2D eigenvalue weighted by Gasteiger charge is -2.04. The largest absolute Gasteiger partial charge is 0.283 e. The molecule has 0 atom stereocenters. The highest BCUT2D eigenvalue weighted by Gasteiger charge is 2.01. The standard InChI is InChI=1S/C8H15NS/c1-5-9-8(7(3)4)10-6-2/h6-7H,2,5H2,1,3-4H3/b9-8-. The molecule has 0 saturated heterocycles. The molecule has 1 nitrogen and oxygen atoms in total. The van der Waals surface area contributed by atoms with Gasteiger partial charge in [-0.1, -0.05) is 32.2 Å². The Hall–Kier alpha value is -0.240. The van der Waals surface area contributed by atoms with Crippen LogP contribution in [0.1, 0.15) is 20.8 Å². The zero-order valence-corrected chi connectivity index (χ0v) is 7.74. The molecule has 58 valence electrons. The fraction of sp³-hybridized carbons (Fsp3) is 0.625. The second-order valence-corrected chi connectivity index (χ2v) is 3.24. The number of hydrogen-bond acceptors (Lipinski definition) is 2. The summed E-state index contributed by atoms with van der Waals surface area (Å²) in [5.74, 6) is 0.531. The first-order valence-electron chi connectivity index (χ1n) is 3.54. The SMILES string of the molecule is C=CS/C(=N\CC)C(C)C. The molecule has 0 spiro atoms. The van der Waals surface area contributed by atoms with Crippen LogP contribution in [0.25, 0.3) is 0 Å². The molecule has 0 aromatic heterocycles. The Morgan fingerprint density at radius 2 is 2.30 bits per heavy atom. The highest BCUT2D eigenvalue weighted by Crippen LogP contribution is 2.12. The zero-order chi connectivity index (χ0) is 7.98. The lowest BCUT2D eigenvalue weighted by molar-refractivity contribution is 0.890. The molecule has 0 fully saturated rings. The molecule has 0 bridgehead atoms. The molecule has 0 aromatic carbocycles. The molecule has 0 heterocycles. The maximum atomic E-state index is 4.32. The minimum atomic E-state index is 0.531. The van der Waals surface area contributed by atoms with Crippen LogP contribution in [0.4, 0.5) is 0 Å². The maximum absolute atomic E-state index is 4.32. The van der Waals surface area contributed by atoms with E-state index in [4.69, 9.17) is 0 Å². The predicted octanol–water partition coefficient (Wildman–Crippen LogP) is 2.94. The van der Waals surface area contributed by atoms with Crippen LogP contribution < -0.4 is 0 Å². The highest BCUT2D eigenvalue weighted by molar-refractivity contribution is 8.16. The summed E-state index contributed by atoms with van der Waals surface area (Å²) in [4.78, 5) is 4.32. The first kappa shape index (κ1) is 9.76. The monoisotopic (exact) mass is 157 g/mol. The third-order valence-corrected chi connectivity index (χ3v) is 2.02. The molecule has 0 rings (SSSR count). The molecule has 0 radical (unpaired) electrons. The van der Waals surface area contributed by atoms with Crippen molar-refractivity contribution in [1.29, 1.82) is 0 Å². The summed E-state index contributed by atoms with van der Waals surface area (Å²) >= 11 is 1.62. The average molecular weight is 157 g/mol. The fourth-order valence-electron chi connectivity index (χ4n) is 0.597. The second-order valence-electron chi connectivity index (χ2n) is 2.25. The van der Waals surface area contributed by atoms with Crippen LogP contribution in [0.2, 0.25) is 0 Å². The number of hydrogen-bond donors (Lipinski definition) is 0. The molecule has 0 aliphatic heterocycles. The van der Waals surface area contributed by atoms with Crippen molar-refractivity contribution in [1.82, 2.24) is 0 Å². The Kier molecular flexibility index (Phi) is 5.40. The molecule has 0 aromatic rings. The van der Waals surface area contributed by atoms with Gasteiger partial charge >= 0.3 is 0 Å². The van der Waals surface area contributed by atoms with E-state index in [2.05, 4.69) is 25.4 Å². The molecule has 2 heteroatoms. The van der Waals surface area contributed by atoms with E-state index in [0.29, 0.717) is 5.92 Å². The van der Waals surface area contributed by atoms with Gasteiger partial charge in [0.2, 0.25) is 0 Å². The highest BCUT2D eigenvalue weighted by atomic mass is 32.2. The van der Waals surface area contributed by atoms with Gasteiger partial charge in [0.15, 0.2) is 0 Å². The van der Waals surface area contributed by atoms with Crippen molar-refractivity contribution in [2.24, 2.45) is 10.9 Å². The van der Waals surface area contributed by atoms with Gasteiger partial charge in [-0.3, -0.25) is 4.99 Å². The zero-order valence-electron chi connectivity index (χ0n) is 6.92. The minimum Gasteiger partial charge on any atom is -0.283 e. The van der Waals surface area contributed by atoms with Crippen LogP contribution in [0, 0.1) is 5.92 Å². The summed E-state index contributed by atoms with van der Waals surface area (Å²) in [6.45, 7) is 10.9. The van der Waals surface area contributed by atoms with Crippen molar-refractivity contribution in [3.05, 3.63) is 12.0 Å². The third-order valence-electron chi connectivity index (χ3n) is 1.01. The summed E-state index contributed by atoms with van der Waals surface area (Å²) in [6, 6.07) is 0. The molecular formula is C8H15NS. The van der Waals surface area contributed by atoms with E-state index in [1.54, 1.807) is 11.8 Å². The Balaban J connectivity index is 3.96. The number of thioether (sulfide) groups is 1. The van der Waals surface area contributed by atoms with E-state index in [1.165, 1.54) is 5.04 Å². The van der Waals surface area contributed by atoms with Gasteiger partial charge in [0.25, 0.3) is 0 Å². The van der Waals surface area contributed by atoms with Crippen LogP contribution in [0.15, 0.2) is 17.0 Å². The summed E-state index contributed by atoms with van der Waals surface area (Å²) in [6.07, 6.45) is 0. The predicted molar refractivity (Wildman–Crippen MR) is 50.6 cm³/mol. The minimum absolute atomic E-state index is 0.531. The average Bonchev–Trinajstić information content (AvgIpc) is 1.87. The van der Waals surface area contributed by atoms with Crippen LogP contribution in [0.5, 0.6) is 0 Å². The van der Waals surface area contributed by atoms with E-state index >= 15 is 0 Å². The van der Waals surface area contributed by atoms with E-state index in [0.717, 1.165) is 6.54 Å². The normalized spacial score (nSPS) is 12.2. The van der Waals surface area contributed by atoms with Crippen LogP contribution in [-0.2, 0) is 0 Å². The van der Waals surface area contributed by atoms with Gasteiger partial charge in [0.05, 0.1) is 5.04 Å². The molecule has 10 heavy (non-hydrogen) atoms. The first-order valence-corrected chi connectivity index (χ1v) is 4.42. The fourth-order valence-corrected chi connectivity index (χ4v) is 1.24. The number of aliphatic imine (C=N–C) groups is 1. The molecule has 0 amide bonds. The van der Waals surface area contributed by atoms with Crippen molar-refractivity contribution in [2.45, 2.75) is 20.8 Å². The molecule has 0 saturated carbocycles. The summed E-state index contributed by atoms with van der Waals surface area (Å²) in [5.41, 5.74) is 0.